The molecule has 3 nitrogen and oxygen atoms in total. The number of carbonyl (C=O) groups is 1. The lowest BCUT2D eigenvalue weighted by molar-refractivity contribution is -0.136. The van der Waals surface area contributed by atoms with E-state index in [0.717, 1.165) is 12.0 Å². The van der Waals surface area contributed by atoms with Crippen LogP contribution in [0.1, 0.15) is 18.9 Å². The topological polar surface area (TPSA) is 46.5 Å². The largest absolute Gasteiger partial charge is 0.487 e. The third-order valence-electron chi connectivity index (χ3n) is 1.77. The summed E-state index contributed by atoms with van der Waals surface area (Å²) in [6, 6.07) is 9.25. The van der Waals surface area contributed by atoms with Gasteiger partial charge in [-0.2, -0.15) is 0 Å². The van der Waals surface area contributed by atoms with Gasteiger partial charge in [-0.1, -0.05) is 37.3 Å². The number of carboxylic acids is 1. The van der Waals surface area contributed by atoms with E-state index in [1.54, 1.807) is 0 Å². The van der Waals surface area contributed by atoms with Crippen LogP contribution in [0.15, 0.2) is 36.1 Å². The first-order valence-corrected chi connectivity index (χ1v) is 4.87. The van der Waals surface area contributed by atoms with Crippen LogP contribution in [0.25, 0.3) is 6.08 Å². The average molecular weight is 206 g/mol. The van der Waals surface area contributed by atoms with Gasteiger partial charge in [-0.25, -0.2) is 4.79 Å². The van der Waals surface area contributed by atoms with Crippen molar-refractivity contribution in [2.75, 3.05) is 6.61 Å². The lowest BCUT2D eigenvalue weighted by Crippen LogP contribution is -2.05. The van der Waals surface area contributed by atoms with Gasteiger partial charge in [-0.15, -0.1) is 0 Å². The van der Waals surface area contributed by atoms with Crippen LogP contribution in [0.5, 0.6) is 0 Å². The Kier molecular flexibility index (Phi) is 4.41. The molecule has 0 aliphatic rings. The van der Waals surface area contributed by atoms with E-state index in [-0.39, 0.29) is 5.76 Å². The Hall–Kier alpha value is -1.77. The molecule has 15 heavy (non-hydrogen) atoms. The number of hydrogen-bond acceptors (Lipinski definition) is 2. The van der Waals surface area contributed by atoms with Crippen LogP contribution < -0.4 is 0 Å². The van der Waals surface area contributed by atoms with Gasteiger partial charge in [0.05, 0.1) is 6.61 Å². The number of carboxylic acid groups (broad SMARTS) is 1. The molecule has 0 saturated heterocycles. The summed E-state index contributed by atoms with van der Waals surface area (Å²) in [4.78, 5) is 10.8. The van der Waals surface area contributed by atoms with Crippen molar-refractivity contribution in [2.45, 2.75) is 13.3 Å². The Morgan fingerprint density at radius 1 is 1.40 bits per heavy atom. The lowest BCUT2D eigenvalue weighted by atomic mass is 10.2. The Labute approximate surface area is 89.0 Å². The maximum atomic E-state index is 10.8. The van der Waals surface area contributed by atoms with Crippen molar-refractivity contribution in [2.24, 2.45) is 0 Å². The summed E-state index contributed by atoms with van der Waals surface area (Å²) >= 11 is 0. The average Bonchev–Trinajstić information content (AvgIpc) is 2.25. The molecule has 1 N–H and O–H groups in total. The van der Waals surface area contributed by atoms with Crippen molar-refractivity contribution in [3.63, 3.8) is 0 Å². The van der Waals surface area contributed by atoms with Gasteiger partial charge in [-0.3, -0.25) is 0 Å². The highest BCUT2D eigenvalue weighted by molar-refractivity contribution is 5.89. The third-order valence-corrected chi connectivity index (χ3v) is 1.77. The van der Waals surface area contributed by atoms with E-state index in [9.17, 15) is 4.79 Å². The molecular weight excluding hydrogens is 192 g/mol. The highest BCUT2D eigenvalue weighted by atomic mass is 16.5. The van der Waals surface area contributed by atoms with Crippen LogP contribution >= 0.6 is 0 Å². The number of ether oxygens (including phenoxy) is 1. The molecule has 0 amide bonds. The molecule has 0 aromatic heterocycles. The van der Waals surface area contributed by atoms with Crippen LogP contribution in [0, 0.1) is 0 Å². The van der Waals surface area contributed by atoms with Gasteiger partial charge in [-0.05, 0) is 18.1 Å². The molecule has 3 heteroatoms. The maximum absolute atomic E-state index is 10.8. The van der Waals surface area contributed by atoms with Crippen molar-refractivity contribution in [3.8, 4) is 0 Å². The first kappa shape index (κ1) is 11.3. The molecule has 0 aliphatic heterocycles. The normalized spacial score (nSPS) is 11.1. The quantitative estimate of drug-likeness (QED) is 0.594. The van der Waals surface area contributed by atoms with Crippen LogP contribution in [0.2, 0.25) is 0 Å². The summed E-state index contributed by atoms with van der Waals surface area (Å²) in [7, 11) is 0. The molecule has 1 aromatic carbocycles. The van der Waals surface area contributed by atoms with Gasteiger partial charge >= 0.3 is 5.97 Å². The molecule has 0 unspecified atom stereocenters. The summed E-state index contributed by atoms with van der Waals surface area (Å²) in [6.07, 6.45) is 2.32. The Balaban J connectivity index is 2.79. The molecule has 0 aliphatic carbocycles. The van der Waals surface area contributed by atoms with E-state index in [2.05, 4.69) is 0 Å². The minimum Gasteiger partial charge on any atom is -0.487 e. The number of aliphatic carboxylic acids is 1. The first-order chi connectivity index (χ1) is 7.24. The van der Waals surface area contributed by atoms with Gasteiger partial charge in [0, 0.05) is 0 Å². The molecule has 0 heterocycles. The predicted molar refractivity (Wildman–Crippen MR) is 58.3 cm³/mol. The molecular formula is C12H14O3. The Morgan fingerprint density at radius 3 is 2.60 bits per heavy atom. The summed E-state index contributed by atoms with van der Waals surface area (Å²) in [6.45, 7) is 2.35. The number of benzene rings is 1. The fourth-order valence-electron chi connectivity index (χ4n) is 1.08. The van der Waals surface area contributed by atoms with Gasteiger partial charge in [0.1, 0.15) is 0 Å². The standard InChI is InChI=1S/C12H14O3/c1-2-8-15-11(12(13)14)9-10-6-4-3-5-7-10/h3-7,9H,2,8H2,1H3,(H,13,14). The van der Waals surface area contributed by atoms with E-state index >= 15 is 0 Å². The smallest absolute Gasteiger partial charge is 0.371 e. The second-order valence-corrected chi connectivity index (χ2v) is 3.07. The van der Waals surface area contributed by atoms with Crippen molar-refractivity contribution in [1.82, 2.24) is 0 Å². The fourth-order valence-corrected chi connectivity index (χ4v) is 1.08. The molecule has 0 fully saturated rings. The molecule has 1 rings (SSSR count). The summed E-state index contributed by atoms with van der Waals surface area (Å²) < 4.78 is 5.12. The van der Waals surface area contributed by atoms with E-state index in [1.807, 2.05) is 37.3 Å². The lowest BCUT2D eigenvalue weighted by Gasteiger charge is -2.04. The predicted octanol–water partition coefficient (Wildman–Crippen LogP) is 2.54. The maximum Gasteiger partial charge on any atom is 0.371 e. The minimum absolute atomic E-state index is 0.0111. The highest BCUT2D eigenvalue weighted by Crippen LogP contribution is 2.08. The van der Waals surface area contributed by atoms with Crippen molar-refractivity contribution in [1.29, 1.82) is 0 Å². The second kappa shape index (κ2) is 5.86. The van der Waals surface area contributed by atoms with Crippen LogP contribution in [-0.4, -0.2) is 17.7 Å². The van der Waals surface area contributed by atoms with Gasteiger partial charge < -0.3 is 9.84 Å². The fraction of sp³-hybridized carbons (Fsp3) is 0.250. The molecule has 80 valence electrons. The molecule has 0 saturated carbocycles. The molecule has 0 radical (unpaired) electrons. The van der Waals surface area contributed by atoms with Crippen molar-refractivity contribution in [3.05, 3.63) is 41.7 Å². The van der Waals surface area contributed by atoms with E-state index in [0.29, 0.717) is 6.61 Å². The van der Waals surface area contributed by atoms with Crippen LogP contribution in [0.3, 0.4) is 0 Å². The second-order valence-electron chi connectivity index (χ2n) is 3.07. The van der Waals surface area contributed by atoms with Crippen molar-refractivity contribution < 1.29 is 14.6 Å². The summed E-state index contributed by atoms with van der Waals surface area (Å²) in [5.74, 6) is -1.05. The zero-order valence-corrected chi connectivity index (χ0v) is 8.64. The summed E-state index contributed by atoms with van der Waals surface area (Å²) in [5, 5.41) is 8.87. The van der Waals surface area contributed by atoms with Crippen LogP contribution in [-0.2, 0) is 9.53 Å². The molecule has 1 aromatic rings. The Morgan fingerprint density at radius 2 is 2.07 bits per heavy atom. The zero-order valence-electron chi connectivity index (χ0n) is 8.64. The van der Waals surface area contributed by atoms with Crippen LogP contribution in [0.4, 0.5) is 0 Å². The van der Waals surface area contributed by atoms with Crippen molar-refractivity contribution >= 4 is 12.0 Å². The molecule has 0 spiro atoms. The summed E-state index contributed by atoms with van der Waals surface area (Å²) in [5.41, 5.74) is 0.825. The monoisotopic (exact) mass is 206 g/mol. The SMILES string of the molecule is CCCOC(=Cc1ccccc1)C(=O)O. The third kappa shape index (κ3) is 3.85. The Bertz CT molecular complexity index is 341. The molecule has 0 atom stereocenters. The van der Waals surface area contributed by atoms with E-state index in [4.69, 9.17) is 9.84 Å². The number of hydrogen-bond donors (Lipinski definition) is 1. The van der Waals surface area contributed by atoms with E-state index < -0.39 is 5.97 Å². The van der Waals surface area contributed by atoms with Gasteiger partial charge in [0.15, 0.2) is 0 Å². The van der Waals surface area contributed by atoms with E-state index in [1.165, 1.54) is 6.08 Å². The zero-order chi connectivity index (χ0) is 11.1. The highest BCUT2D eigenvalue weighted by Gasteiger charge is 2.07. The minimum atomic E-state index is -1.03. The van der Waals surface area contributed by atoms with Gasteiger partial charge in [0.2, 0.25) is 5.76 Å². The van der Waals surface area contributed by atoms with Gasteiger partial charge in [0.25, 0.3) is 0 Å². The first-order valence-electron chi connectivity index (χ1n) is 4.87. The number of rotatable bonds is 5. The molecule has 0 bridgehead atoms.